The molecule has 0 aliphatic rings. The van der Waals surface area contributed by atoms with Crippen LogP contribution >= 0.6 is 11.6 Å². The van der Waals surface area contributed by atoms with E-state index in [0.717, 1.165) is 6.26 Å². The van der Waals surface area contributed by atoms with E-state index in [1.165, 1.54) is 18.2 Å². The molecule has 0 heterocycles. The van der Waals surface area contributed by atoms with Gasteiger partial charge in [-0.15, -0.1) is 0 Å². The molecule has 0 aliphatic carbocycles. The Morgan fingerprint density at radius 3 is 2.60 bits per heavy atom. The molecular weight excluding hydrogens is 238 g/mol. The minimum atomic E-state index is -3.41. The number of aliphatic hydroxyl groups excluding tert-OH is 1. The van der Waals surface area contributed by atoms with E-state index in [1.54, 1.807) is 0 Å². The van der Waals surface area contributed by atoms with Crippen molar-refractivity contribution >= 4 is 21.4 Å². The summed E-state index contributed by atoms with van der Waals surface area (Å²) in [7, 11) is -3.41. The molecule has 0 aliphatic heterocycles. The SMILES string of the molecule is CS(=O)(=O)c1cccc(Cl)c1C(O)CN. The van der Waals surface area contributed by atoms with Gasteiger partial charge in [-0.25, -0.2) is 8.42 Å². The maximum atomic E-state index is 11.4. The molecule has 6 heteroatoms. The lowest BCUT2D eigenvalue weighted by Crippen LogP contribution is -2.15. The van der Waals surface area contributed by atoms with Crippen molar-refractivity contribution in [2.24, 2.45) is 5.73 Å². The summed E-state index contributed by atoms with van der Waals surface area (Å²) in [6.07, 6.45) is -0.00536. The van der Waals surface area contributed by atoms with Crippen molar-refractivity contribution < 1.29 is 13.5 Å². The molecule has 0 spiro atoms. The average molecular weight is 250 g/mol. The molecule has 0 radical (unpaired) electrons. The number of hydrogen-bond donors (Lipinski definition) is 2. The molecule has 1 aromatic carbocycles. The van der Waals surface area contributed by atoms with Gasteiger partial charge in [0, 0.05) is 23.4 Å². The molecule has 0 saturated heterocycles. The Balaban J connectivity index is 3.47. The third-order valence-corrected chi connectivity index (χ3v) is 3.45. The fourth-order valence-corrected chi connectivity index (χ4v) is 2.61. The Labute approximate surface area is 93.6 Å². The molecule has 84 valence electrons. The van der Waals surface area contributed by atoms with E-state index in [-0.39, 0.29) is 22.0 Å². The Morgan fingerprint density at radius 1 is 1.53 bits per heavy atom. The highest BCUT2D eigenvalue weighted by atomic mass is 35.5. The number of nitrogens with two attached hydrogens (primary N) is 1. The highest BCUT2D eigenvalue weighted by Gasteiger charge is 2.20. The first-order valence-corrected chi connectivity index (χ1v) is 6.51. The Bertz CT molecular complexity index is 458. The third-order valence-electron chi connectivity index (χ3n) is 1.97. The van der Waals surface area contributed by atoms with E-state index in [0.29, 0.717) is 0 Å². The molecule has 1 unspecified atom stereocenters. The van der Waals surface area contributed by atoms with Gasteiger partial charge in [-0.3, -0.25) is 0 Å². The number of hydrogen-bond acceptors (Lipinski definition) is 4. The van der Waals surface area contributed by atoms with Crippen molar-refractivity contribution in [2.45, 2.75) is 11.0 Å². The van der Waals surface area contributed by atoms with Crippen molar-refractivity contribution in [3.8, 4) is 0 Å². The fraction of sp³-hybridized carbons (Fsp3) is 0.333. The highest BCUT2D eigenvalue weighted by molar-refractivity contribution is 7.90. The first-order chi connectivity index (χ1) is 6.88. The number of aliphatic hydroxyl groups is 1. The predicted octanol–water partition coefficient (Wildman–Crippen LogP) is 0.736. The second-order valence-corrected chi connectivity index (χ2v) is 5.57. The van der Waals surface area contributed by atoms with Gasteiger partial charge in [-0.1, -0.05) is 17.7 Å². The second kappa shape index (κ2) is 4.49. The van der Waals surface area contributed by atoms with Crippen LogP contribution in [0.15, 0.2) is 23.1 Å². The summed E-state index contributed by atoms with van der Waals surface area (Å²) in [6, 6.07) is 4.44. The van der Waals surface area contributed by atoms with Crippen LogP contribution in [0.5, 0.6) is 0 Å². The molecule has 15 heavy (non-hydrogen) atoms. The van der Waals surface area contributed by atoms with Gasteiger partial charge < -0.3 is 10.8 Å². The van der Waals surface area contributed by atoms with Crippen LogP contribution in [0.1, 0.15) is 11.7 Å². The molecule has 1 aromatic rings. The Hall–Kier alpha value is -0.620. The normalized spacial score (nSPS) is 13.9. The summed E-state index contributed by atoms with van der Waals surface area (Å²) in [6.45, 7) is -0.0771. The highest BCUT2D eigenvalue weighted by Crippen LogP contribution is 2.29. The zero-order valence-electron chi connectivity index (χ0n) is 8.14. The van der Waals surface area contributed by atoms with Gasteiger partial charge in [0.15, 0.2) is 9.84 Å². The van der Waals surface area contributed by atoms with E-state index >= 15 is 0 Å². The topological polar surface area (TPSA) is 80.4 Å². The molecule has 1 atom stereocenters. The molecule has 0 amide bonds. The first-order valence-electron chi connectivity index (χ1n) is 4.24. The van der Waals surface area contributed by atoms with Gasteiger partial charge in [0.05, 0.1) is 11.0 Å². The van der Waals surface area contributed by atoms with E-state index in [9.17, 15) is 13.5 Å². The van der Waals surface area contributed by atoms with Crippen LogP contribution < -0.4 is 5.73 Å². The van der Waals surface area contributed by atoms with Crippen LogP contribution in [-0.4, -0.2) is 26.3 Å². The summed E-state index contributed by atoms with van der Waals surface area (Å²) in [5, 5.41) is 9.78. The summed E-state index contributed by atoms with van der Waals surface area (Å²) >= 11 is 5.83. The van der Waals surface area contributed by atoms with E-state index in [4.69, 9.17) is 17.3 Å². The molecule has 0 fully saturated rings. The molecule has 3 N–H and O–H groups in total. The summed E-state index contributed by atoms with van der Waals surface area (Å²) < 4.78 is 22.8. The summed E-state index contributed by atoms with van der Waals surface area (Å²) in [5.41, 5.74) is 5.45. The quantitative estimate of drug-likeness (QED) is 0.828. The Kier molecular flexibility index (Phi) is 3.72. The van der Waals surface area contributed by atoms with Gasteiger partial charge in [0.25, 0.3) is 0 Å². The van der Waals surface area contributed by atoms with Gasteiger partial charge in [0.1, 0.15) is 0 Å². The van der Waals surface area contributed by atoms with Gasteiger partial charge >= 0.3 is 0 Å². The summed E-state index contributed by atoms with van der Waals surface area (Å²) in [5.74, 6) is 0. The standard InChI is InChI=1S/C9H12ClNO3S/c1-15(13,14)8-4-2-3-6(10)9(8)7(12)5-11/h2-4,7,12H,5,11H2,1H3. The fourth-order valence-electron chi connectivity index (χ4n) is 1.28. The average Bonchev–Trinajstić information content (AvgIpc) is 2.15. The summed E-state index contributed by atoms with van der Waals surface area (Å²) in [4.78, 5) is 0.0213. The number of benzene rings is 1. The monoisotopic (exact) mass is 249 g/mol. The van der Waals surface area contributed by atoms with E-state index in [1.807, 2.05) is 0 Å². The lowest BCUT2D eigenvalue weighted by molar-refractivity contribution is 0.183. The number of halogens is 1. The van der Waals surface area contributed by atoms with E-state index in [2.05, 4.69) is 0 Å². The second-order valence-electron chi connectivity index (χ2n) is 3.18. The lowest BCUT2D eigenvalue weighted by atomic mass is 10.1. The molecule has 4 nitrogen and oxygen atoms in total. The zero-order chi connectivity index (χ0) is 11.6. The van der Waals surface area contributed by atoms with Crippen LogP contribution in [0.3, 0.4) is 0 Å². The van der Waals surface area contributed by atoms with Crippen LogP contribution in [0.25, 0.3) is 0 Å². The van der Waals surface area contributed by atoms with E-state index < -0.39 is 15.9 Å². The van der Waals surface area contributed by atoms with Gasteiger partial charge in [0.2, 0.25) is 0 Å². The Morgan fingerprint density at radius 2 is 2.13 bits per heavy atom. The van der Waals surface area contributed by atoms with Crippen LogP contribution in [0.2, 0.25) is 5.02 Å². The van der Waals surface area contributed by atoms with Crippen molar-refractivity contribution in [2.75, 3.05) is 12.8 Å². The lowest BCUT2D eigenvalue weighted by Gasteiger charge is -2.14. The zero-order valence-corrected chi connectivity index (χ0v) is 9.72. The largest absolute Gasteiger partial charge is 0.387 e. The molecule has 0 saturated carbocycles. The third kappa shape index (κ3) is 2.69. The maximum absolute atomic E-state index is 11.4. The molecule has 1 rings (SSSR count). The molecule has 0 aromatic heterocycles. The molecular formula is C9H12ClNO3S. The number of sulfone groups is 1. The smallest absolute Gasteiger partial charge is 0.175 e. The van der Waals surface area contributed by atoms with Gasteiger partial charge in [-0.2, -0.15) is 0 Å². The van der Waals surface area contributed by atoms with Crippen LogP contribution in [0, 0.1) is 0 Å². The predicted molar refractivity (Wildman–Crippen MR) is 58.6 cm³/mol. The van der Waals surface area contributed by atoms with Crippen molar-refractivity contribution in [1.82, 2.24) is 0 Å². The minimum Gasteiger partial charge on any atom is -0.387 e. The minimum absolute atomic E-state index is 0.0213. The van der Waals surface area contributed by atoms with Crippen LogP contribution in [0.4, 0.5) is 0 Å². The van der Waals surface area contributed by atoms with Crippen molar-refractivity contribution in [3.05, 3.63) is 28.8 Å². The molecule has 0 bridgehead atoms. The maximum Gasteiger partial charge on any atom is 0.175 e. The first kappa shape index (κ1) is 12.4. The van der Waals surface area contributed by atoms with Gasteiger partial charge in [-0.05, 0) is 12.1 Å². The van der Waals surface area contributed by atoms with Crippen molar-refractivity contribution in [1.29, 1.82) is 0 Å². The van der Waals surface area contributed by atoms with Crippen LogP contribution in [-0.2, 0) is 9.84 Å². The number of rotatable bonds is 3. The van der Waals surface area contributed by atoms with Crippen molar-refractivity contribution in [3.63, 3.8) is 0 Å².